The summed E-state index contributed by atoms with van der Waals surface area (Å²) in [6, 6.07) is 12.7. The number of hydrogen-bond donors (Lipinski definition) is 0. The zero-order chi connectivity index (χ0) is 25.3. The van der Waals surface area contributed by atoms with Crippen LogP contribution in [0.1, 0.15) is 38.8 Å². The van der Waals surface area contributed by atoms with Crippen molar-refractivity contribution in [1.82, 2.24) is 4.67 Å². The van der Waals surface area contributed by atoms with Crippen LogP contribution in [-0.4, -0.2) is 61.0 Å². The molecule has 0 spiro atoms. The van der Waals surface area contributed by atoms with Gasteiger partial charge in [-0.3, -0.25) is 9.25 Å². The predicted molar refractivity (Wildman–Crippen MR) is 142 cm³/mol. The van der Waals surface area contributed by atoms with Gasteiger partial charge in [-0.25, -0.2) is 13.3 Å². The molecule has 1 aliphatic rings. The average molecular weight is 510 g/mol. The molecule has 2 aromatic rings. The van der Waals surface area contributed by atoms with Crippen molar-refractivity contribution >= 4 is 44.7 Å². The smallest absolute Gasteiger partial charge is 0.300 e. The molecule has 1 unspecified atom stereocenters. The summed E-state index contributed by atoms with van der Waals surface area (Å²) in [5.74, 6) is 0. The highest BCUT2D eigenvalue weighted by atomic mass is 32.4. The summed E-state index contributed by atoms with van der Waals surface area (Å²) in [7, 11) is 2.15. The van der Waals surface area contributed by atoms with E-state index in [1.165, 1.54) is 52.0 Å². The first-order valence-electron chi connectivity index (χ1n) is 10.9. The molecule has 0 saturated heterocycles. The fourth-order valence-electron chi connectivity index (χ4n) is 4.35. The van der Waals surface area contributed by atoms with E-state index < -0.39 is 16.3 Å². The van der Waals surface area contributed by atoms with Gasteiger partial charge in [0.15, 0.2) is 6.19 Å². The number of amidine groups is 1. The van der Waals surface area contributed by atoms with Crippen molar-refractivity contribution in [3.63, 3.8) is 0 Å². The molecule has 33 heavy (non-hydrogen) atoms. The minimum Gasteiger partial charge on any atom is -0.744 e. The van der Waals surface area contributed by atoms with Gasteiger partial charge in [-0.05, 0) is 76.9 Å². The molecule has 3 rings (SSSR count). The van der Waals surface area contributed by atoms with Gasteiger partial charge < -0.3 is 4.55 Å². The number of benzene rings is 2. The summed E-state index contributed by atoms with van der Waals surface area (Å²) in [6.45, 7) is 13.4. The van der Waals surface area contributed by atoms with E-state index >= 15 is 0 Å². The first kappa shape index (κ1) is 27.7. The van der Waals surface area contributed by atoms with E-state index in [2.05, 4.69) is 89.0 Å². The van der Waals surface area contributed by atoms with Gasteiger partial charge in [-0.15, -0.1) is 0 Å². The van der Waals surface area contributed by atoms with Crippen LogP contribution in [0.4, 0.5) is 5.69 Å². The Morgan fingerprint density at radius 1 is 1.00 bits per heavy atom. The lowest BCUT2D eigenvalue weighted by Crippen LogP contribution is -2.41. The quantitative estimate of drug-likeness (QED) is 0.351. The van der Waals surface area contributed by atoms with E-state index in [9.17, 15) is 13.0 Å². The molecule has 2 aromatic carbocycles. The van der Waals surface area contributed by atoms with Gasteiger partial charge in [0, 0.05) is 12.1 Å². The summed E-state index contributed by atoms with van der Waals surface area (Å²) in [4.78, 5) is 2.13. The molecular weight excluding hydrogens is 473 g/mol. The van der Waals surface area contributed by atoms with E-state index in [4.69, 9.17) is 11.8 Å². The minimum absolute atomic E-state index is 0.185. The number of hydrogen-bond acceptors (Lipinski definition) is 4. The fraction of sp³-hybridized carbons (Fsp3) is 0.458. The third-order valence-electron chi connectivity index (χ3n) is 5.67. The average Bonchev–Trinajstić information content (AvgIpc) is 2.89. The molecule has 0 aromatic heterocycles. The van der Waals surface area contributed by atoms with Crippen molar-refractivity contribution in [3.05, 3.63) is 53.6 Å². The molecule has 0 saturated carbocycles. The van der Waals surface area contributed by atoms with Crippen LogP contribution < -0.4 is 10.2 Å². The highest BCUT2D eigenvalue weighted by molar-refractivity contribution is 8.25. The number of nitrogens with zero attached hydrogens (tertiary/aromatic N) is 3. The maximum absolute atomic E-state index is 10.3. The standard InChI is InChI=1S/C18H31N3PS.C6H6O3S/c1-12(2)21(13(3)4)22(23)17-11-15(6)14(5)10-16(17)20(9)18(22)19(7)8;7-10(8,9)6-4-2-1-3-5-6/h10-13H,1-9H3;1-5H,(H,7,8,9)/q+1;/p-1. The highest BCUT2D eigenvalue weighted by Crippen LogP contribution is 2.59. The van der Waals surface area contributed by atoms with Crippen LogP contribution in [0, 0.1) is 13.8 Å². The van der Waals surface area contributed by atoms with Gasteiger partial charge in [0.1, 0.15) is 15.8 Å². The molecule has 0 fully saturated rings. The molecule has 1 atom stereocenters. The SMILES string of the molecule is Cc1cc2c(cc1C)P(=S)(N(C(C)C)C(C)C)C(=[N+](C)C)N2C.O=S(=O)([O-])c1ccccc1. The number of rotatable bonds is 4. The maximum Gasteiger partial charge on any atom is 0.300 e. The predicted octanol–water partition coefficient (Wildman–Crippen LogP) is 4.11. The second kappa shape index (κ2) is 10.4. The number of fused-ring (bicyclic) bond motifs is 1. The van der Waals surface area contributed by atoms with Gasteiger partial charge in [0.25, 0.3) is 5.58 Å². The Balaban J connectivity index is 0.000000321. The summed E-state index contributed by atoms with van der Waals surface area (Å²) in [6.07, 6.45) is -2.02. The van der Waals surface area contributed by atoms with Crippen molar-refractivity contribution in [2.75, 3.05) is 26.0 Å². The Kier molecular flexibility index (Phi) is 8.69. The molecule has 0 radical (unpaired) electrons. The van der Waals surface area contributed by atoms with E-state index in [1.54, 1.807) is 6.07 Å². The van der Waals surface area contributed by atoms with E-state index in [0.29, 0.717) is 12.1 Å². The second-order valence-electron chi connectivity index (χ2n) is 9.09. The summed E-state index contributed by atoms with van der Waals surface area (Å²) in [5.41, 5.74) is 5.22. The van der Waals surface area contributed by atoms with E-state index in [0.717, 1.165) is 0 Å². The Morgan fingerprint density at radius 2 is 1.48 bits per heavy atom. The van der Waals surface area contributed by atoms with Gasteiger partial charge in [0.2, 0.25) is 0 Å². The second-order valence-corrected chi connectivity index (χ2v) is 14.6. The maximum atomic E-state index is 10.3. The third kappa shape index (κ3) is 5.57. The van der Waals surface area contributed by atoms with Crippen LogP contribution in [0.15, 0.2) is 47.4 Å². The molecule has 0 aliphatic carbocycles. The lowest BCUT2D eigenvalue weighted by molar-refractivity contribution is -0.462. The molecule has 0 amide bonds. The van der Waals surface area contributed by atoms with Crippen LogP contribution in [-0.2, 0) is 21.9 Å². The Labute approximate surface area is 204 Å². The van der Waals surface area contributed by atoms with E-state index in [1.807, 2.05) is 0 Å². The highest BCUT2D eigenvalue weighted by Gasteiger charge is 2.51. The molecule has 1 aliphatic heterocycles. The summed E-state index contributed by atoms with van der Waals surface area (Å²) >= 11 is 6.49. The molecular formula is C24H36N3O3PS2. The van der Waals surface area contributed by atoms with Crippen LogP contribution in [0.5, 0.6) is 0 Å². The van der Waals surface area contributed by atoms with Crippen molar-refractivity contribution in [1.29, 1.82) is 0 Å². The number of anilines is 1. The lowest BCUT2D eigenvalue weighted by Gasteiger charge is -2.37. The van der Waals surface area contributed by atoms with Crippen molar-refractivity contribution in [2.45, 2.75) is 58.5 Å². The van der Waals surface area contributed by atoms with E-state index in [-0.39, 0.29) is 4.90 Å². The molecule has 6 nitrogen and oxygen atoms in total. The Hall–Kier alpha value is -1.57. The summed E-state index contributed by atoms with van der Waals surface area (Å²) in [5, 5.41) is 1.35. The first-order chi connectivity index (χ1) is 15.1. The van der Waals surface area contributed by atoms with Crippen molar-refractivity contribution < 1.29 is 17.5 Å². The monoisotopic (exact) mass is 509 g/mol. The van der Waals surface area contributed by atoms with Crippen LogP contribution in [0.2, 0.25) is 0 Å². The minimum atomic E-state index is -4.25. The summed E-state index contributed by atoms with van der Waals surface area (Å²) < 4.78 is 35.6. The normalized spacial score (nSPS) is 18.0. The zero-order valence-electron chi connectivity index (χ0n) is 21.0. The molecule has 9 heteroatoms. The largest absolute Gasteiger partial charge is 0.744 e. The zero-order valence-corrected chi connectivity index (χ0v) is 23.6. The molecule has 182 valence electrons. The molecule has 1 heterocycles. The Morgan fingerprint density at radius 3 is 1.88 bits per heavy atom. The first-order valence-corrected chi connectivity index (χ1v) is 15.1. The van der Waals surface area contributed by atoms with Crippen molar-refractivity contribution in [3.8, 4) is 0 Å². The van der Waals surface area contributed by atoms with Crippen molar-refractivity contribution in [2.24, 2.45) is 0 Å². The van der Waals surface area contributed by atoms with Gasteiger partial charge >= 0.3 is 0 Å². The fourth-order valence-corrected chi connectivity index (χ4v) is 11.2. The topological polar surface area (TPSA) is 66.7 Å². The van der Waals surface area contributed by atoms with Gasteiger partial charge in [-0.1, -0.05) is 30.0 Å². The number of aryl methyl sites for hydroxylation is 2. The third-order valence-corrected chi connectivity index (χ3v) is 12.0. The lowest BCUT2D eigenvalue weighted by atomic mass is 10.1. The molecule has 0 N–H and O–H groups in total. The van der Waals surface area contributed by atoms with Gasteiger partial charge in [-0.2, -0.15) is 0 Å². The van der Waals surface area contributed by atoms with Crippen LogP contribution in [0.25, 0.3) is 0 Å². The van der Waals surface area contributed by atoms with Crippen LogP contribution in [0.3, 0.4) is 0 Å². The Bertz CT molecular complexity index is 1180. The van der Waals surface area contributed by atoms with Gasteiger partial charge in [0.05, 0.1) is 31.3 Å². The molecule has 0 bridgehead atoms. The van der Waals surface area contributed by atoms with Crippen LogP contribution >= 0.6 is 6.19 Å².